The zero-order valence-corrected chi connectivity index (χ0v) is 14.2. The number of carboxylic acids is 1. The van der Waals surface area contributed by atoms with Crippen molar-refractivity contribution in [3.05, 3.63) is 35.4 Å². The number of alkyl halides is 6. The summed E-state index contributed by atoms with van der Waals surface area (Å²) in [5.74, 6) is 3.22. The molecule has 0 amide bonds. The Morgan fingerprint density at radius 2 is 1.59 bits per heavy atom. The zero-order chi connectivity index (χ0) is 20.7. The molecule has 10 heteroatoms. The summed E-state index contributed by atoms with van der Waals surface area (Å²) >= 11 is 0. The molecule has 0 aliphatic carbocycles. The van der Waals surface area contributed by atoms with E-state index in [4.69, 9.17) is 14.6 Å². The normalized spacial score (nSPS) is 16.4. The second-order valence-corrected chi connectivity index (χ2v) is 5.58. The van der Waals surface area contributed by atoms with Crippen LogP contribution in [0.4, 0.5) is 26.3 Å². The average Bonchev–Trinajstić information content (AvgIpc) is 2.60. The highest BCUT2D eigenvalue weighted by Gasteiger charge is 2.38. The quantitative estimate of drug-likeness (QED) is 0.563. The van der Waals surface area contributed by atoms with Gasteiger partial charge < -0.3 is 15.2 Å². The number of carbonyl (C=O) groups is 1. The van der Waals surface area contributed by atoms with E-state index in [0.717, 1.165) is 38.1 Å². The molecule has 0 aromatic heterocycles. The summed E-state index contributed by atoms with van der Waals surface area (Å²) in [7, 11) is 1.62. The van der Waals surface area contributed by atoms with Crippen LogP contribution in [0.25, 0.3) is 0 Å². The van der Waals surface area contributed by atoms with Crippen LogP contribution < -0.4 is 5.32 Å². The van der Waals surface area contributed by atoms with Crippen LogP contribution in [0.2, 0.25) is 0 Å². The molecular weight excluding hydrogens is 380 g/mol. The Hall–Kier alpha value is -2.25. The first-order valence-electron chi connectivity index (χ1n) is 7.66. The fourth-order valence-corrected chi connectivity index (χ4v) is 2.14. The van der Waals surface area contributed by atoms with E-state index in [-0.39, 0.29) is 0 Å². The van der Waals surface area contributed by atoms with E-state index < -0.39 is 29.5 Å². The van der Waals surface area contributed by atoms with Crippen LogP contribution in [0.1, 0.15) is 24.0 Å². The minimum absolute atomic E-state index is 0.492. The van der Waals surface area contributed by atoms with Crippen molar-refractivity contribution < 1.29 is 41.0 Å². The fourth-order valence-electron chi connectivity index (χ4n) is 2.14. The Morgan fingerprint density at radius 3 is 1.96 bits per heavy atom. The van der Waals surface area contributed by atoms with Gasteiger partial charge in [-0.25, -0.2) is 4.79 Å². The Balaban J connectivity index is 0.000000445. The van der Waals surface area contributed by atoms with Crippen molar-refractivity contribution in [3.8, 4) is 11.8 Å². The van der Waals surface area contributed by atoms with Crippen molar-refractivity contribution in [3.63, 3.8) is 0 Å². The van der Waals surface area contributed by atoms with Gasteiger partial charge in [0.2, 0.25) is 0 Å². The molecule has 1 aliphatic rings. The van der Waals surface area contributed by atoms with E-state index in [9.17, 15) is 26.3 Å². The molecule has 1 aliphatic heterocycles. The smallest absolute Gasteiger partial charge is 0.475 e. The molecule has 1 saturated heterocycles. The molecule has 1 heterocycles. The van der Waals surface area contributed by atoms with Gasteiger partial charge >= 0.3 is 18.3 Å². The Bertz CT molecular complexity index is 680. The van der Waals surface area contributed by atoms with Crippen molar-refractivity contribution in [2.75, 3.05) is 20.2 Å². The molecule has 0 radical (unpaired) electrons. The third-order valence-electron chi connectivity index (χ3n) is 3.69. The van der Waals surface area contributed by atoms with Crippen molar-refractivity contribution in [2.45, 2.75) is 30.8 Å². The van der Waals surface area contributed by atoms with E-state index in [1.165, 1.54) is 12.1 Å². The molecule has 150 valence electrons. The molecular formula is C17H17F6NO3. The van der Waals surface area contributed by atoms with Crippen molar-refractivity contribution in [1.29, 1.82) is 0 Å². The Labute approximate surface area is 151 Å². The summed E-state index contributed by atoms with van der Waals surface area (Å²) < 4.78 is 74.6. The molecule has 0 atom stereocenters. The van der Waals surface area contributed by atoms with Gasteiger partial charge in [-0.15, -0.1) is 0 Å². The molecule has 0 spiro atoms. The van der Waals surface area contributed by atoms with E-state index in [1.54, 1.807) is 7.11 Å². The maximum Gasteiger partial charge on any atom is 0.490 e. The van der Waals surface area contributed by atoms with Gasteiger partial charge in [0.25, 0.3) is 0 Å². The third-order valence-corrected chi connectivity index (χ3v) is 3.69. The van der Waals surface area contributed by atoms with Gasteiger partial charge in [0, 0.05) is 25.5 Å². The molecule has 1 aromatic rings. The molecule has 2 N–H and O–H groups in total. The minimum atomic E-state index is -5.08. The first-order chi connectivity index (χ1) is 12.4. The molecule has 27 heavy (non-hydrogen) atoms. The van der Waals surface area contributed by atoms with Gasteiger partial charge in [0.15, 0.2) is 0 Å². The largest absolute Gasteiger partial charge is 0.490 e. The lowest BCUT2D eigenvalue weighted by atomic mass is 9.92. The van der Waals surface area contributed by atoms with Crippen LogP contribution in [0.15, 0.2) is 24.3 Å². The van der Waals surface area contributed by atoms with Crippen LogP contribution in [-0.2, 0) is 15.7 Å². The van der Waals surface area contributed by atoms with E-state index in [2.05, 4.69) is 17.2 Å². The number of halogens is 6. The molecule has 2 rings (SSSR count). The summed E-state index contributed by atoms with van der Waals surface area (Å²) in [5.41, 5.74) is -0.590. The predicted molar refractivity (Wildman–Crippen MR) is 83.9 cm³/mol. The zero-order valence-electron chi connectivity index (χ0n) is 14.2. The van der Waals surface area contributed by atoms with Crippen molar-refractivity contribution >= 4 is 5.97 Å². The van der Waals surface area contributed by atoms with Gasteiger partial charge in [-0.3, -0.25) is 0 Å². The maximum absolute atomic E-state index is 12.4. The van der Waals surface area contributed by atoms with Gasteiger partial charge in [0.1, 0.15) is 5.60 Å². The predicted octanol–water partition coefficient (Wildman–Crippen LogP) is 3.46. The van der Waals surface area contributed by atoms with E-state index >= 15 is 0 Å². The first-order valence-corrected chi connectivity index (χ1v) is 7.66. The second kappa shape index (κ2) is 9.10. The van der Waals surface area contributed by atoms with Crippen LogP contribution in [0.5, 0.6) is 0 Å². The third kappa shape index (κ3) is 7.48. The highest BCUT2D eigenvalue weighted by atomic mass is 19.4. The van der Waals surface area contributed by atoms with Crippen LogP contribution in [0.3, 0.4) is 0 Å². The number of hydrogen-bond donors (Lipinski definition) is 2. The Kier molecular flexibility index (Phi) is 7.68. The summed E-state index contributed by atoms with van der Waals surface area (Å²) in [6, 6.07) is 4.87. The SMILES string of the molecule is COC1(C#Cc2ccc(C(F)(F)F)cc2)CCNCC1.O=C(O)C(F)(F)F. The number of benzene rings is 1. The van der Waals surface area contributed by atoms with E-state index in [1.807, 2.05) is 0 Å². The molecule has 0 saturated carbocycles. The molecule has 1 aromatic carbocycles. The number of rotatable bonds is 1. The van der Waals surface area contributed by atoms with Gasteiger partial charge in [-0.2, -0.15) is 26.3 Å². The summed E-state index contributed by atoms with van der Waals surface area (Å²) in [4.78, 5) is 8.90. The molecule has 1 fully saturated rings. The number of piperidine rings is 1. The molecule has 0 unspecified atom stereocenters. The molecule has 4 nitrogen and oxygen atoms in total. The second-order valence-electron chi connectivity index (χ2n) is 5.58. The fraction of sp³-hybridized carbons (Fsp3) is 0.471. The number of ether oxygens (including phenoxy) is 1. The lowest BCUT2D eigenvalue weighted by Gasteiger charge is -2.31. The van der Waals surface area contributed by atoms with Crippen LogP contribution in [0, 0.1) is 11.8 Å². The highest BCUT2D eigenvalue weighted by molar-refractivity contribution is 5.73. The van der Waals surface area contributed by atoms with Crippen molar-refractivity contribution in [1.82, 2.24) is 5.32 Å². The van der Waals surface area contributed by atoms with E-state index in [0.29, 0.717) is 5.56 Å². The van der Waals surface area contributed by atoms with Crippen LogP contribution >= 0.6 is 0 Å². The number of methoxy groups -OCH3 is 1. The Morgan fingerprint density at radius 1 is 1.11 bits per heavy atom. The minimum Gasteiger partial charge on any atom is -0.475 e. The first kappa shape index (κ1) is 22.8. The summed E-state index contributed by atoms with van der Waals surface area (Å²) in [5, 5.41) is 10.3. The summed E-state index contributed by atoms with van der Waals surface area (Å²) in [6.07, 6.45) is -7.84. The molecule has 0 bridgehead atoms. The number of nitrogens with one attached hydrogen (secondary N) is 1. The standard InChI is InChI=1S/C15H16F3NO.C2HF3O2/c1-20-14(8-10-19-11-9-14)7-6-12-2-4-13(5-3-12)15(16,17)18;3-2(4,5)1(6)7/h2-5,19H,8-11H2,1H3;(H,6,7). The lowest BCUT2D eigenvalue weighted by molar-refractivity contribution is -0.192. The van der Waals surface area contributed by atoms with Crippen LogP contribution in [-0.4, -0.2) is 43.1 Å². The monoisotopic (exact) mass is 397 g/mol. The van der Waals surface area contributed by atoms with Gasteiger partial charge in [0.05, 0.1) is 5.56 Å². The topological polar surface area (TPSA) is 58.6 Å². The van der Waals surface area contributed by atoms with Crippen molar-refractivity contribution in [2.24, 2.45) is 0 Å². The number of aliphatic carboxylic acids is 1. The van der Waals surface area contributed by atoms with Gasteiger partial charge in [-0.05, 0) is 37.4 Å². The average molecular weight is 397 g/mol. The highest BCUT2D eigenvalue weighted by Crippen LogP contribution is 2.29. The lowest BCUT2D eigenvalue weighted by Crippen LogP contribution is -2.42. The number of carboxylic acid groups (broad SMARTS) is 1. The number of hydrogen-bond acceptors (Lipinski definition) is 3. The maximum atomic E-state index is 12.4. The summed E-state index contributed by atoms with van der Waals surface area (Å²) in [6.45, 7) is 1.66. The van der Waals surface area contributed by atoms with Gasteiger partial charge in [-0.1, -0.05) is 11.8 Å².